The Morgan fingerprint density at radius 1 is 1.37 bits per heavy atom. The quantitative estimate of drug-likeness (QED) is 0.783. The van der Waals surface area contributed by atoms with Crippen molar-refractivity contribution in [2.75, 3.05) is 0 Å². The van der Waals surface area contributed by atoms with Gasteiger partial charge in [-0.15, -0.1) is 0 Å². The molecule has 6 nitrogen and oxygen atoms in total. The predicted octanol–water partition coefficient (Wildman–Crippen LogP) is 0.814. The van der Waals surface area contributed by atoms with E-state index >= 15 is 0 Å². The number of hydrogen-bond acceptors (Lipinski definition) is 4. The smallest absolute Gasteiger partial charge is 0.307 e. The monoisotopic (exact) mass is 262 g/mol. The molecule has 1 fully saturated rings. The van der Waals surface area contributed by atoms with Crippen molar-refractivity contribution in [2.45, 2.75) is 13.0 Å². The van der Waals surface area contributed by atoms with Crippen molar-refractivity contribution in [3.63, 3.8) is 0 Å². The maximum absolute atomic E-state index is 12.2. The summed E-state index contributed by atoms with van der Waals surface area (Å²) < 4.78 is 4.67. The van der Waals surface area contributed by atoms with Gasteiger partial charge in [-0.05, 0) is 18.3 Å². The third-order valence-corrected chi connectivity index (χ3v) is 3.98. The van der Waals surface area contributed by atoms with Crippen molar-refractivity contribution >= 4 is 11.9 Å². The lowest BCUT2D eigenvalue weighted by molar-refractivity contribution is -0.147. The lowest BCUT2D eigenvalue weighted by Gasteiger charge is -2.23. The molecule has 2 N–H and O–H groups in total. The van der Waals surface area contributed by atoms with Crippen LogP contribution in [0.15, 0.2) is 29.0 Å². The highest BCUT2D eigenvalue weighted by molar-refractivity contribution is 5.86. The molecule has 0 unspecified atom stereocenters. The predicted molar refractivity (Wildman–Crippen MR) is 63.7 cm³/mol. The van der Waals surface area contributed by atoms with Gasteiger partial charge in [-0.1, -0.05) is 17.3 Å². The Hall–Kier alpha value is -2.11. The van der Waals surface area contributed by atoms with Crippen LogP contribution < -0.4 is 5.32 Å². The number of amides is 1. The fourth-order valence-electron chi connectivity index (χ4n) is 3.14. The number of nitrogens with one attached hydrogen (secondary N) is 1. The van der Waals surface area contributed by atoms with Crippen LogP contribution in [0.1, 0.15) is 12.1 Å². The van der Waals surface area contributed by atoms with E-state index in [4.69, 9.17) is 0 Å². The van der Waals surface area contributed by atoms with Crippen molar-refractivity contribution in [2.24, 2.45) is 23.7 Å². The number of carboxylic acids is 1. The number of hydrogen-bond donors (Lipinski definition) is 2. The molecule has 4 atom stereocenters. The molecule has 1 heterocycles. The van der Waals surface area contributed by atoms with Gasteiger partial charge in [-0.2, -0.15) is 0 Å². The van der Waals surface area contributed by atoms with Crippen molar-refractivity contribution < 1.29 is 19.2 Å². The number of rotatable bonds is 4. The van der Waals surface area contributed by atoms with Crippen molar-refractivity contribution in [3.05, 3.63) is 30.2 Å². The molecule has 19 heavy (non-hydrogen) atoms. The molecule has 1 amide bonds. The topological polar surface area (TPSA) is 92.4 Å². The van der Waals surface area contributed by atoms with Crippen LogP contribution in [-0.2, 0) is 16.1 Å². The summed E-state index contributed by atoms with van der Waals surface area (Å²) in [6, 6.07) is 1.66. The highest BCUT2D eigenvalue weighted by Gasteiger charge is 2.51. The van der Waals surface area contributed by atoms with E-state index < -0.39 is 17.8 Å². The average molecular weight is 262 g/mol. The second-order valence-electron chi connectivity index (χ2n) is 5.05. The molecular weight excluding hydrogens is 248 g/mol. The molecule has 2 aliphatic rings. The van der Waals surface area contributed by atoms with Crippen LogP contribution in [0.3, 0.4) is 0 Å². The molecule has 2 aliphatic carbocycles. The zero-order chi connectivity index (χ0) is 13.4. The molecule has 100 valence electrons. The van der Waals surface area contributed by atoms with Gasteiger partial charge in [0, 0.05) is 6.07 Å². The van der Waals surface area contributed by atoms with Crippen molar-refractivity contribution in [1.82, 2.24) is 10.5 Å². The second-order valence-corrected chi connectivity index (χ2v) is 5.05. The molecule has 2 bridgehead atoms. The van der Waals surface area contributed by atoms with Gasteiger partial charge < -0.3 is 14.9 Å². The maximum atomic E-state index is 12.2. The molecule has 0 saturated heterocycles. The number of allylic oxidation sites excluding steroid dienone is 2. The molecule has 0 spiro atoms. The Balaban J connectivity index is 1.68. The van der Waals surface area contributed by atoms with Crippen LogP contribution in [0.5, 0.6) is 0 Å². The van der Waals surface area contributed by atoms with Gasteiger partial charge in [-0.25, -0.2) is 0 Å². The summed E-state index contributed by atoms with van der Waals surface area (Å²) >= 11 is 0. The van der Waals surface area contributed by atoms with E-state index in [0.717, 1.165) is 6.42 Å². The van der Waals surface area contributed by atoms with E-state index in [-0.39, 0.29) is 24.3 Å². The third kappa shape index (κ3) is 2.03. The van der Waals surface area contributed by atoms with Crippen LogP contribution in [-0.4, -0.2) is 22.1 Å². The van der Waals surface area contributed by atoms with E-state index in [9.17, 15) is 14.7 Å². The number of carbonyl (C=O) groups is 2. The second kappa shape index (κ2) is 4.53. The first-order chi connectivity index (χ1) is 9.16. The van der Waals surface area contributed by atoms with E-state index in [0.29, 0.717) is 5.69 Å². The molecule has 1 aromatic rings. The van der Waals surface area contributed by atoms with Crippen molar-refractivity contribution in [3.8, 4) is 0 Å². The van der Waals surface area contributed by atoms with E-state index in [1.807, 2.05) is 12.2 Å². The zero-order valence-electron chi connectivity index (χ0n) is 10.2. The first-order valence-corrected chi connectivity index (χ1v) is 6.25. The fourth-order valence-corrected chi connectivity index (χ4v) is 3.14. The van der Waals surface area contributed by atoms with Gasteiger partial charge in [0.05, 0.1) is 18.4 Å². The van der Waals surface area contributed by atoms with Crippen LogP contribution in [0, 0.1) is 23.7 Å². The Kier molecular flexibility index (Phi) is 2.85. The van der Waals surface area contributed by atoms with Crippen LogP contribution >= 0.6 is 0 Å². The summed E-state index contributed by atoms with van der Waals surface area (Å²) in [4.78, 5) is 23.5. The van der Waals surface area contributed by atoms with Gasteiger partial charge in [0.2, 0.25) is 5.91 Å². The Bertz CT molecular complexity index is 523. The van der Waals surface area contributed by atoms with E-state index in [2.05, 4.69) is 15.0 Å². The lowest BCUT2D eigenvalue weighted by atomic mass is 9.82. The van der Waals surface area contributed by atoms with E-state index in [1.165, 1.54) is 6.26 Å². The number of carboxylic acid groups (broad SMARTS) is 1. The third-order valence-electron chi connectivity index (χ3n) is 3.98. The van der Waals surface area contributed by atoms with Gasteiger partial charge in [-0.3, -0.25) is 9.59 Å². The summed E-state index contributed by atoms with van der Waals surface area (Å²) in [5, 5.41) is 15.7. The van der Waals surface area contributed by atoms with E-state index in [1.54, 1.807) is 6.07 Å². The van der Waals surface area contributed by atoms with Crippen molar-refractivity contribution in [1.29, 1.82) is 0 Å². The molecule has 1 aromatic heterocycles. The Morgan fingerprint density at radius 3 is 2.74 bits per heavy atom. The van der Waals surface area contributed by atoms with Gasteiger partial charge in [0.15, 0.2) is 0 Å². The highest BCUT2D eigenvalue weighted by atomic mass is 16.5. The minimum absolute atomic E-state index is 0.00898. The molecule has 0 aliphatic heterocycles. The summed E-state index contributed by atoms with van der Waals surface area (Å²) in [6.07, 6.45) is 6.08. The molecule has 0 aromatic carbocycles. The number of aromatic nitrogens is 1. The molecule has 3 rings (SSSR count). The van der Waals surface area contributed by atoms with Crippen LogP contribution in [0.2, 0.25) is 0 Å². The zero-order valence-corrected chi connectivity index (χ0v) is 10.2. The molecular formula is C13H14N2O4. The molecule has 0 radical (unpaired) electrons. The number of carbonyl (C=O) groups excluding carboxylic acids is 1. The Morgan fingerprint density at radius 2 is 2.11 bits per heavy atom. The largest absolute Gasteiger partial charge is 0.481 e. The SMILES string of the molecule is O=C(O)[C@@H]1[C@@H](C(=O)NCc2ccon2)[C@H]2C=C[C@H]1C2. The highest BCUT2D eigenvalue weighted by Crippen LogP contribution is 2.48. The van der Waals surface area contributed by atoms with Gasteiger partial charge in [0.1, 0.15) is 12.0 Å². The summed E-state index contributed by atoms with van der Waals surface area (Å²) in [7, 11) is 0. The molecule has 6 heteroatoms. The summed E-state index contributed by atoms with van der Waals surface area (Å²) in [5.74, 6) is -2.15. The minimum atomic E-state index is -0.890. The summed E-state index contributed by atoms with van der Waals surface area (Å²) in [6.45, 7) is 0.263. The Labute approximate surface area is 109 Å². The fraction of sp³-hybridized carbons (Fsp3) is 0.462. The average Bonchev–Trinajstić information content (AvgIpc) is 3.10. The van der Waals surface area contributed by atoms with Gasteiger partial charge >= 0.3 is 5.97 Å². The van der Waals surface area contributed by atoms with Gasteiger partial charge in [0.25, 0.3) is 0 Å². The minimum Gasteiger partial charge on any atom is -0.481 e. The number of fused-ring (bicyclic) bond motifs is 2. The first-order valence-electron chi connectivity index (χ1n) is 6.25. The summed E-state index contributed by atoms with van der Waals surface area (Å²) in [5.41, 5.74) is 0.624. The molecule has 1 saturated carbocycles. The normalized spacial score (nSPS) is 31.6. The number of aliphatic carboxylic acids is 1. The maximum Gasteiger partial charge on any atom is 0.307 e. The first kappa shape index (κ1) is 12.0. The lowest BCUT2D eigenvalue weighted by Crippen LogP contribution is -2.39. The van der Waals surface area contributed by atoms with Crippen LogP contribution in [0.4, 0.5) is 0 Å². The number of nitrogens with zero attached hydrogens (tertiary/aromatic N) is 1. The standard InChI is InChI=1S/C13H14N2O4/c16-12(14-6-9-3-4-19-15-9)10-7-1-2-8(5-7)11(10)13(17)18/h1-4,7-8,10-11H,5-6H2,(H,14,16)(H,17,18)/t7-,8-,10-,11-/m0/s1. The van der Waals surface area contributed by atoms with Crippen LogP contribution in [0.25, 0.3) is 0 Å².